The number of halogens is 1. The Bertz CT molecular complexity index is 459. The minimum atomic E-state index is -0.138. The number of hydrogen-bond donors (Lipinski definition) is 1. The molecule has 1 unspecified atom stereocenters. The molecule has 104 valence electrons. The molecule has 1 aliphatic rings. The van der Waals surface area contributed by atoms with Gasteiger partial charge in [0.25, 0.3) is 0 Å². The van der Waals surface area contributed by atoms with Gasteiger partial charge in [0.1, 0.15) is 0 Å². The fourth-order valence-electron chi connectivity index (χ4n) is 2.12. The molecule has 0 radical (unpaired) electrons. The van der Waals surface area contributed by atoms with Gasteiger partial charge in [-0.05, 0) is 37.5 Å². The summed E-state index contributed by atoms with van der Waals surface area (Å²) in [5, 5.41) is 3.49. The molecule has 4 nitrogen and oxygen atoms in total. The van der Waals surface area contributed by atoms with Crippen molar-refractivity contribution in [3.63, 3.8) is 0 Å². The molecule has 1 aliphatic heterocycles. The molecular formula is C14H19ClN2O2. The van der Waals surface area contributed by atoms with Gasteiger partial charge in [-0.15, -0.1) is 0 Å². The van der Waals surface area contributed by atoms with Crippen LogP contribution in [0, 0.1) is 6.92 Å². The van der Waals surface area contributed by atoms with Crippen molar-refractivity contribution in [1.29, 1.82) is 0 Å². The van der Waals surface area contributed by atoms with E-state index in [4.69, 9.17) is 16.3 Å². The van der Waals surface area contributed by atoms with Crippen molar-refractivity contribution in [3.05, 3.63) is 28.8 Å². The molecule has 0 aromatic heterocycles. The summed E-state index contributed by atoms with van der Waals surface area (Å²) in [6.45, 7) is 3.35. The predicted octanol–water partition coefficient (Wildman–Crippen LogP) is 3.29. The van der Waals surface area contributed by atoms with Crippen LogP contribution >= 0.6 is 11.6 Å². The van der Waals surface area contributed by atoms with Gasteiger partial charge in [0.15, 0.2) is 0 Å². The molecule has 1 heterocycles. The maximum Gasteiger partial charge on any atom is 0.321 e. The van der Waals surface area contributed by atoms with E-state index in [9.17, 15) is 4.79 Å². The Kier molecular flexibility index (Phi) is 4.66. The number of likely N-dealkylation sites (N-methyl/N-ethyl adjacent to an activating group) is 1. The largest absolute Gasteiger partial charge is 0.376 e. The van der Waals surface area contributed by atoms with Gasteiger partial charge in [-0.2, -0.15) is 0 Å². The number of aryl methyl sites for hydroxylation is 1. The van der Waals surface area contributed by atoms with Crippen molar-refractivity contribution >= 4 is 23.3 Å². The lowest BCUT2D eigenvalue weighted by Crippen LogP contribution is -2.37. The monoisotopic (exact) mass is 282 g/mol. The first-order valence-electron chi connectivity index (χ1n) is 6.46. The van der Waals surface area contributed by atoms with Crippen molar-refractivity contribution in [1.82, 2.24) is 4.90 Å². The normalized spacial score (nSPS) is 18.4. The zero-order chi connectivity index (χ0) is 13.8. The Labute approximate surface area is 118 Å². The van der Waals surface area contributed by atoms with Crippen LogP contribution in [0.15, 0.2) is 18.2 Å². The average Bonchev–Trinajstić information content (AvgIpc) is 2.86. The van der Waals surface area contributed by atoms with Crippen molar-refractivity contribution in [2.45, 2.75) is 25.9 Å². The summed E-state index contributed by atoms with van der Waals surface area (Å²) in [6.07, 6.45) is 2.26. The molecule has 0 spiro atoms. The second-order valence-electron chi connectivity index (χ2n) is 4.90. The predicted molar refractivity (Wildman–Crippen MR) is 76.8 cm³/mol. The Morgan fingerprint density at radius 3 is 3.05 bits per heavy atom. The summed E-state index contributed by atoms with van der Waals surface area (Å²) in [5.74, 6) is 0. The zero-order valence-electron chi connectivity index (χ0n) is 11.3. The summed E-state index contributed by atoms with van der Waals surface area (Å²) in [7, 11) is 1.77. The third-order valence-electron chi connectivity index (χ3n) is 3.29. The van der Waals surface area contributed by atoms with Gasteiger partial charge >= 0.3 is 6.03 Å². The summed E-state index contributed by atoms with van der Waals surface area (Å²) in [5.41, 5.74) is 1.74. The Morgan fingerprint density at radius 2 is 2.37 bits per heavy atom. The first-order valence-corrected chi connectivity index (χ1v) is 6.84. The first-order chi connectivity index (χ1) is 9.06. The van der Waals surface area contributed by atoms with Crippen molar-refractivity contribution < 1.29 is 9.53 Å². The number of nitrogens with zero attached hydrogens (tertiary/aromatic N) is 1. The van der Waals surface area contributed by atoms with Crippen LogP contribution in [0.4, 0.5) is 10.5 Å². The van der Waals surface area contributed by atoms with E-state index in [-0.39, 0.29) is 12.1 Å². The number of benzene rings is 1. The fourth-order valence-corrected chi connectivity index (χ4v) is 2.29. The van der Waals surface area contributed by atoms with E-state index in [1.54, 1.807) is 18.0 Å². The lowest BCUT2D eigenvalue weighted by molar-refractivity contribution is 0.0894. The molecule has 0 saturated carbocycles. The van der Waals surface area contributed by atoms with Gasteiger partial charge in [0.2, 0.25) is 0 Å². The highest BCUT2D eigenvalue weighted by Crippen LogP contribution is 2.20. The van der Waals surface area contributed by atoms with E-state index >= 15 is 0 Å². The number of rotatable bonds is 3. The molecule has 5 heteroatoms. The highest BCUT2D eigenvalue weighted by molar-refractivity contribution is 6.31. The number of ether oxygens (including phenoxy) is 1. The topological polar surface area (TPSA) is 41.6 Å². The second-order valence-corrected chi connectivity index (χ2v) is 5.34. The SMILES string of the molecule is Cc1ccc(Cl)cc1NC(=O)N(C)CC1CCCO1. The molecule has 1 N–H and O–H groups in total. The zero-order valence-corrected chi connectivity index (χ0v) is 12.0. The smallest absolute Gasteiger partial charge is 0.321 e. The molecule has 1 aromatic carbocycles. The Morgan fingerprint density at radius 1 is 1.58 bits per heavy atom. The maximum atomic E-state index is 12.1. The van der Waals surface area contributed by atoms with E-state index in [1.165, 1.54) is 0 Å². The van der Waals surface area contributed by atoms with Crippen LogP contribution in [0.25, 0.3) is 0 Å². The molecule has 0 bridgehead atoms. The summed E-state index contributed by atoms with van der Waals surface area (Å²) < 4.78 is 5.52. The second kappa shape index (κ2) is 6.26. The van der Waals surface area contributed by atoms with E-state index < -0.39 is 0 Å². The Balaban J connectivity index is 1.93. The molecule has 2 rings (SSSR count). The number of anilines is 1. The van der Waals surface area contributed by atoms with E-state index in [2.05, 4.69) is 5.32 Å². The molecule has 19 heavy (non-hydrogen) atoms. The summed E-state index contributed by atoms with van der Waals surface area (Å²) >= 11 is 5.93. The molecular weight excluding hydrogens is 264 g/mol. The molecule has 0 aliphatic carbocycles. The lowest BCUT2D eigenvalue weighted by Gasteiger charge is -2.21. The lowest BCUT2D eigenvalue weighted by atomic mass is 10.2. The van der Waals surface area contributed by atoms with Crippen LogP contribution in [-0.4, -0.2) is 37.2 Å². The quantitative estimate of drug-likeness (QED) is 0.924. The van der Waals surface area contributed by atoms with Crippen molar-refractivity contribution in [2.75, 3.05) is 25.5 Å². The van der Waals surface area contributed by atoms with E-state index in [1.807, 2.05) is 19.1 Å². The van der Waals surface area contributed by atoms with Crippen LogP contribution < -0.4 is 5.32 Å². The molecule has 1 fully saturated rings. The van der Waals surface area contributed by atoms with Gasteiger partial charge in [-0.1, -0.05) is 17.7 Å². The van der Waals surface area contributed by atoms with Crippen LogP contribution in [0.3, 0.4) is 0 Å². The number of amides is 2. The van der Waals surface area contributed by atoms with Crippen LogP contribution in [0.5, 0.6) is 0 Å². The van der Waals surface area contributed by atoms with E-state index in [0.717, 1.165) is 30.7 Å². The van der Waals surface area contributed by atoms with Gasteiger partial charge < -0.3 is 15.0 Å². The molecule has 1 saturated heterocycles. The fraction of sp³-hybridized carbons (Fsp3) is 0.500. The van der Waals surface area contributed by atoms with Gasteiger partial charge in [-0.3, -0.25) is 0 Å². The van der Waals surface area contributed by atoms with Crippen LogP contribution in [0.2, 0.25) is 5.02 Å². The standard InChI is InChI=1S/C14H19ClN2O2/c1-10-5-6-11(15)8-13(10)16-14(18)17(2)9-12-4-3-7-19-12/h5-6,8,12H,3-4,7,9H2,1-2H3,(H,16,18). The van der Waals surface area contributed by atoms with E-state index in [0.29, 0.717) is 11.6 Å². The minimum Gasteiger partial charge on any atom is -0.376 e. The summed E-state index contributed by atoms with van der Waals surface area (Å²) in [6, 6.07) is 5.32. The number of carbonyl (C=O) groups excluding carboxylic acids is 1. The van der Waals surface area contributed by atoms with Crippen molar-refractivity contribution in [3.8, 4) is 0 Å². The number of hydrogen-bond acceptors (Lipinski definition) is 2. The van der Waals surface area contributed by atoms with Crippen molar-refractivity contribution in [2.24, 2.45) is 0 Å². The molecule has 2 amide bonds. The van der Waals surface area contributed by atoms with Crippen LogP contribution in [-0.2, 0) is 4.74 Å². The number of urea groups is 1. The third kappa shape index (κ3) is 3.85. The first kappa shape index (κ1) is 14.2. The molecule has 1 atom stereocenters. The Hall–Kier alpha value is -1.26. The highest BCUT2D eigenvalue weighted by Gasteiger charge is 2.20. The maximum absolute atomic E-state index is 12.1. The van der Waals surface area contributed by atoms with Gasteiger partial charge in [0.05, 0.1) is 6.10 Å². The highest BCUT2D eigenvalue weighted by atomic mass is 35.5. The third-order valence-corrected chi connectivity index (χ3v) is 3.52. The number of nitrogens with one attached hydrogen (secondary N) is 1. The number of carbonyl (C=O) groups is 1. The van der Waals surface area contributed by atoms with Gasteiger partial charge in [-0.25, -0.2) is 4.79 Å². The molecule has 1 aromatic rings. The average molecular weight is 283 g/mol. The van der Waals surface area contributed by atoms with Crippen LogP contribution in [0.1, 0.15) is 18.4 Å². The van der Waals surface area contributed by atoms with Gasteiger partial charge in [0, 0.05) is 30.9 Å². The summed E-state index contributed by atoms with van der Waals surface area (Å²) in [4.78, 5) is 13.7. The minimum absolute atomic E-state index is 0.138.